The van der Waals surface area contributed by atoms with Crippen molar-refractivity contribution in [3.05, 3.63) is 34.1 Å². The molecule has 0 aliphatic carbocycles. The molecule has 0 bridgehead atoms. The number of nitrogens with zero attached hydrogens (tertiary/aromatic N) is 2. The summed E-state index contributed by atoms with van der Waals surface area (Å²) < 4.78 is 1.37. The number of benzene rings is 1. The third-order valence-electron chi connectivity index (χ3n) is 2.54. The van der Waals surface area contributed by atoms with Crippen LogP contribution in [0.4, 0.5) is 5.82 Å². The van der Waals surface area contributed by atoms with Crippen LogP contribution in [-0.4, -0.2) is 9.66 Å². The van der Waals surface area contributed by atoms with Crippen LogP contribution in [0.3, 0.4) is 0 Å². The summed E-state index contributed by atoms with van der Waals surface area (Å²) in [5.41, 5.74) is 7.16. The molecular weight excluding hydrogens is 259 g/mol. The molecule has 0 unspecified atom stereocenters. The van der Waals surface area contributed by atoms with Crippen molar-refractivity contribution in [2.75, 3.05) is 11.6 Å². The van der Waals surface area contributed by atoms with E-state index >= 15 is 0 Å². The summed E-state index contributed by atoms with van der Waals surface area (Å²) in [5.74, 6) is 6.88. The molecule has 0 aliphatic rings. The topological polar surface area (TPSA) is 69.9 Å². The minimum Gasteiger partial charge on any atom is -0.382 e. The highest BCUT2D eigenvalue weighted by Gasteiger charge is 2.16. The number of anilines is 1. The SMILES string of the molecule is CCc1nc(-c2cccc(Cl)c2Cl)c(N)n1N. The van der Waals surface area contributed by atoms with Crippen LogP contribution in [0.15, 0.2) is 18.2 Å². The van der Waals surface area contributed by atoms with E-state index in [1.807, 2.05) is 13.0 Å². The predicted molar refractivity (Wildman–Crippen MR) is 71.6 cm³/mol. The molecule has 0 atom stereocenters. The van der Waals surface area contributed by atoms with Gasteiger partial charge in [-0.05, 0) is 6.07 Å². The van der Waals surface area contributed by atoms with Gasteiger partial charge in [-0.15, -0.1) is 0 Å². The quantitative estimate of drug-likeness (QED) is 0.825. The second-order valence-corrected chi connectivity index (χ2v) is 4.37. The van der Waals surface area contributed by atoms with Crippen LogP contribution in [0, 0.1) is 0 Å². The van der Waals surface area contributed by atoms with Gasteiger partial charge in [-0.2, -0.15) is 0 Å². The zero-order valence-electron chi connectivity index (χ0n) is 9.24. The first kappa shape index (κ1) is 12.1. The van der Waals surface area contributed by atoms with E-state index in [9.17, 15) is 0 Å². The molecule has 90 valence electrons. The van der Waals surface area contributed by atoms with Gasteiger partial charge in [-0.25, -0.2) is 9.66 Å². The van der Waals surface area contributed by atoms with Gasteiger partial charge in [0.15, 0.2) is 5.82 Å². The molecule has 2 rings (SSSR count). The fourth-order valence-corrected chi connectivity index (χ4v) is 2.02. The Bertz CT molecular complexity index is 563. The van der Waals surface area contributed by atoms with Gasteiger partial charge in [-0.1, -0.05) is 42.3 Å². The van der Waals surface area contributed by atoms with Crippen molar-refractivity contribution in [1.29, 1.82) is 0 Å². The summed E-state index contributed by atoms with van der Waals surface area (Å²) in [5, 5.41) is 0.898. The maximum atomic E-state index is 6.13. The van der Waals surface area contributed by atoms with Crippen LogP contribution in [-0.2, 0) is 6.42 Å². The number of imidazole rings is 1. The van der Waals surface area contributed by atoms with Crippen molar-refractivity contribution < 1.29 is 0 Å². The molecule has 0 amide bonds. The van der Waals surface area contributed by atoms with Gasteiger partial charge < -0.3 is 11.6 Å². The molecule has 17 heavy (non-hydrogen) atoms. The summed E-state index contributed by atoms with van der Waals surface area (Å²) in [4.78, 5) is 4.37. The molecule has 6 heteroatoms. The lowest BCUT2D eigenvalue weighted by atomic mass is 10.1. The monoisotopic (exact) mass is 270 g/mol. The van der Waals surface area contributed by atoms with Crippen LogP contribution in [0.1, 0.15) is 12.7 Å². The van der Waals surface area contributed by atoms with Gasteiger partial charge in [0.05, 0.1) is 10.0 Å². The van der Waals surface area contributed by atoms with E-state index in [1.54, 1.807) is 12.1 Å². The normalized spacial score (nSPS) is 10.8. The third-order valence-corrected chi connectivity index (χ3v) is 3.36. The number of aromatic nitrogens is 2. The Hall–Kier alpha value is -1.39. The summed E-state index contributed by atoms with van der Waals surface area (Å²) in [7, 11) is 0. The Morgan fingerprint density at radius 2 is 2.06 bits per heavy atom. The number of hydrogen-bond donors (Lipinski definition) is 2. The number of hydrogen-bond acceptors (Lipinski definition) is 3. The molecule has 0 spiro atoms. The molecule has 0 radical (unpaired) electrons. The minimum absolute atomic E-state index is 0.381. The largest absolute Gasteiger partial charge is 0.382 e. The van der Waals surface area contributed by atoms with E-state index in [0.29, 0.717) is 39.4 Å². The van der Waals surface area contributed by atoms with Crippen molar-refractivity contribution in [1.82, 2.24) is 9.66 Å². The average molecular weight is 271 g/mol. The van der Waals surface area contributed by atoms with Crippen LogP contribution in [0.2, 0.25) is 10.0 Å². The Morgan fingerprint density at radius 1 is 1.35 bits per heavy atom. The fraction of sp³-hybridized carbons (Fsp3) is 0.182. The number of nitrogens with two attached hydrogens (primary N) is 2. The van der Waals surface area contributed by atoms with Crippen LogP contribution in [0.25, 0.3) is 11.3 Å². The lowest BCUT2D eigenvalue weighted by molar-refractivity contribution is 0.865. The first-order valence-corrected chi connectivity index (χ1v) is 5.88. The number of nitrogen functional groups attached to an aromatic ring is 2. The highest BCUT2D eigenvalue weighted by atomic mass is 35.5. The molecule has 1 heterocycles. The third kappa shape index (κ3) is 1.94. The first-order valence-electron chi connectivity index (χ1n) is 5.12. The second-order valence-electron chi connectivity index (χ2n) is 3.59. The maximum Gasteiger partial charge on any atom is 0.150 e. The summed E-state index contributed by atoms with van der Waals surface area (Å²) in [6, 6.07) is 5.32. The number of halogens is 2. The van der Waals surface area contributed by atoms with Crippen LogP contribution in [0.5, 0.6) is 0 Å². The van der Waals surface area contributed by atoms with Gasteiger partial charge >= 0.3 is 0 Å². The Balaban J connectivity index is 2.65. The molecule has 0 saturated heterocycles. The van der Waals surface area contributed by atoms with Crippen LogP contribution >= 0.6 is 23.2 Å². The summed E-state index contributed by atoms with van der Waals surface area (Å²) in [6.07, 6.45) is 0.693. The fourth-order valence-electron chi connectivity index (χ4n) is 1.63. The second kappa shape index (κ2) is 4.47. The van der Waals surface area contributed by atoms with Crippen molar-refractivity contribution in [2.45, 2.75) is 13.3 Å². The maximum absolute atomic E-state index is 6.13. The van der Waals surface area contributed by atoms with Gasteiger partial charge in [0.2, 0.25) is 0 Å². The zero-order valence-corrected chi connectivity index (χ0v) is 10.8. The molecule has 4 nitrogen and oxygen atoms in total. The standard InChI is InChI=1S/C11H12Cl2N4/c1-2-8-16-10(11(14)17(8)15)6-4-3-5-7(12)9(6)13/h3-5H,2,14-15H2,1H3. The summed E-state index contributed by atoms with van der Waals surface area (Å²) >= 11 is 12.1. The highest BCUT2D eigenvalue weighted by Crippen LogP contribution is 2.35. The minimum atomic E-state index is 0.381. The Morgan fingerprint density at radius 3 is 2.65 bits per heavy atom. The number of aryl methyl sites for hydroxylation is 1. The van der Waals surface area contributed by atoms with E-state index in [2.05, 4.69) is 4.98 Å². The Labute approximate surface area is 109 Å². The Kier molecular flexibility index (Phi) is 3.17. The van der Waals surface area contributed by atoms with Crippen molar-refractivity contribution in [2.24, 2.45) is 0 Å². The van der Waals surface area contributed by atoms with E-state index in [0.717, 1.165) is 0 Å². The van der Waals surface area contributed by atoms with E-state index < -0.39 is 0 Å². The molecule has 4 N–H and O–H groups in total. The van der Waals surface area contributed by atoms with Crippen molar-refractivity contribution in [3.63, 3.8) is 0 Å². The van der Waals surface area contributed by atoms with Crippen molar-refractivity contribution in [3.8, 4) is 11.3 Å². The molecule has 1 aromatic heterocycles. The van der Waals surface area contributed by atoms with Gasteiger partial charge in [0, 0.05) is 12.0 Å². The van der Waals surface area contributed by atoms with Gasteiger partial charge in [0.25, 0.3) is 0 Å². The highest BCUT2D eigenvalue weighted by molar-refractivity contribution is 6.43. The first-order chi connectivity index (χ1) is 8.06. The molecular formula is C11H12Cl2N4. The van der Waals surface area contributed by atoms with Crippen molar-refractivity contribution >= 4 is 29.0 Å². The van der Waals surface area contributed by atoms with Gasteiger partial charge in [-0.3, -0.25) is 0 Å². The van der Waals surface area contributed by atoms with Gasteiger partial charge in [0.1, 0.15) is 11.5 Å². The van der Waals surface area contributed by atoms with E-state index in [4.69, 9.17) is 34.8 Å². The molecule has 2 aromatic rings. The number of rotatable bonds is 2. The molecule has 0 saturated carbocycles. The summed E-state index contributed by atoms with van der Waals surface area (Å²) in [6.45, 7) is 1.95. The molecule has 0 fully saturated rings. The molecule has 0 aliphatic heterocycles. The smallest absolute Gasteiger partial charge is 0.150 e. The predicted octanol–water partition coefficient (Wildman–Crippen LogP) is 2.72. The van der Waals surface area contributed by atoms with E-state index in [-0.39, 0.29) is 0 Å². The lowest BCUT2D eigenvalue weighted by Crippen LogP contribution is -2.14. The average Bonchev–Trinajstić information content (AvgIpc) is 2.60. The zero-order chi connectivity index (χ0) is 12.6. The van der Waals surface area contributed by atoms with Crippen LogP contribution < -0.4 is 11.6 Å². The lowest BCUT2D eigenvalue weighted by Gasteiger charge is -2.04. The van der Waals surface area contributed by atoms with E-state index in [1.165, 1.54) is 4.68 Å². The molecule has 1 aromatic carbocycles.